The quantitative estimate of drug-likeness (QED) is 0.731. The molecule has 0 amide bonds. The van der Waals surface area contributed by atoms with Crippen molar-refractivity contribution in [2.24, 2.45) is 0 Å². The maximum Gasteiger partial charge on any atom is 0.180 e. The van der Waals surface area contributed by atoms with E-state index >= 15 is 0 Å². The number of fused-ring (bicyclic) bond motifs is 1. The first kappa shape index (κ1) is 14.9. The van der Waals surface area contributed by atoms with Crippen LogP contribution in [0.3, 0.4) is 0 Å². The summed E-state index contributed by atoms with van der Waals surface area (Å²) >= 11 is 0. The largest absolute Gasteiger partial charge is 0.351 e. The molecule has 0 N–H and O–H groups in total. The van der Waals surface area contributed by atoms with Crippen molar-refractivity contribution in [2.45, 2.75) is 32.4 Å². The minimum atomic E-state index is 0.520. The van der Waals surface area contributed by atoms with Crippen LogP contribution in [0.1, 0.15) is 25.1 Å². The van der Waals surface area contributed by atoms with Gasteiger partial charge in [-0.05, 0) is 27.3 Å². The summed E-state index contributed by atoms with van der Waals surface area (Å²) < 4.78 is 4.36. The van der Waals surface area contributed by atoms with Gasteiger partial charge in [0.05, 0.1) is 12.4 Å². The zero-order chi connectivity index (χ0) is 17.1. The molecule has 2 aliphatic heterocycles. The number of imidazole rings is 2. The Kier molecular flexibility index (Phi) is 3.15. The van der Waals surface area contributed by atoms with Crippen LogP contribution in [0.15, 0.2) is 24.9 Å². The highest BCUT2D eigenvalue weighted by Gasteiger charge is 2.29. The van der Waals surface area contributed by atoms with Crippen LogP contribution in [0.2, 0.25) is 0 Å². The van der Waals surface area contributed by atoms with Gasteiger partial charge in [0.15, 0.2) is 11.5 Å². The average Bonchev–Trinajstić information content (AvgIpc) is 3.22. The lowest BCUT2D eigenvalue weighted by molar-refractivity contribution is 0.140. The maximum atomic E-state index is 5.00. The first-order valence-electron chi connectivity index (χ1n) is 8.94. The summed E-state index contributed by atoms with van der Waals surface area (Å²) in [4.78, 5) is 18.9. The second kappa shape index (κ2) is 5.29. The van der Waals surface area contributed by atoms with Crippen LogP contribution in [0.4, 0.5) is 5.82 Å². The molecule has 2 aliphatic rings. The van der Waals surface area contributed by atoms with Crippen LogP contribution in [-0.2, 0) is 0 Å². The summed E-state index contributed by atoms with van der Waals surface area (Å²) in [6.07, 6.45) is 9.16. The van der Waals surface area contributed by atoms with Gasteiger partial charge in [0, 0.05) is 50.0 Å². The number of hydrogen-bond acceptors (Lipinski definition) is 5. The third-order valence-corrected chi connectivity index (χ3v) is 5.67. The SMILES string of the molecule is Cc1c(-c2cn(C3CN(C)C3)cn2)nc(N2CC[C@@H]2C)c2nccn12. The van der Waals surface area contributed by atoms with Crippen molar-refractivity contribution in [1.82, 2.24) is 28.8 Å². The predicted molar refractivity (Wildman–Crippen MR) is 96.9 cm³/mol. The lowest BCUT2D eigenvalue weighted by Crippen LogP contribution is -2.46. The second-order valence-electron chi connectivity index (χ2n) is 7.40. The van der Waals surface area contributed by atoms with Gasteiger partial charge in [0.25, 0.3) is 0 Å². The van der Waals surface area contributed by atoms with Crippen LogP contribution < -0.4 is 4.90 Å². The fourth-order valence-corrected chi connectivity index (χ4v) is 3.87. The molecule has 0 spiro atoms. The van der Waals surface area contributed by atoms with Gasteiger partial charge in [0.1, 0.15) is 11.4 Å². The summed E-state index contributed by atoms with van der Waals surface area (Å²) in [6, 6.07) is 1.05. The minimum absolute atomic E-state index is 0.520. The Balaban J connectivity index is 1.60. The van der Waals surface area contributed by atoms with E-state index in [1.165, 1.54) is 6.42 Å². The van der Waals surface area contributed by atoms with E-state index in [4.69, 9.17) is 4.98 Å². The molecule has 0 aromatic carbocycles. The van der Waals surface area contributed by atoms with E-state index < -0.39 is 0 Å². The standard InChI is InChI=1S/C18H23N7/c1-12-4-6-24(12)18-17-19-5-7-25(17)13(2)16(21-18)15-10-23(11-20-15)14-8-22(3)9-14/h5,7,10-12,14H,4,6,8-9H2,1-3H3/t12-/m0/s1. The van der Waals surface area contributed by atoms with E-state index in [0.717, 1.165) is 48.2 Å². The smallest absolute Gasteiger partial charge is 0.180 e. The van der Waals surface area contributed by atoms with E-state index in [2.05, 4.69) is 55.8 Å². The van der Waals surface area contributed by atoms with Gasteiger partial charge < -0.3 is 14.4 Å². The summed E-state index contributed by atoms with van der Waals surface area (Å²) in [5.41, 5.74) is 3.91. The molecular formula is C18H23N7. The number of rotatable bonds is 3. The monoisotopic (exact) mass is 337 g/mol. The molecule has 5 rings (SSSR count). The maximum absolute atomic E-state index is 5.00. The Morgan fingerprint density at radius 2 is 2.04 bits per heavy atom. The van der Waals surface area contributed by atoms with Crippen molar-refractivity contribution in [3.8, 4) is 11.4 Å². The molecule has 0 radical (unpaired) electrons. The molecule has 7 heteroatoms. The highest BCUT2D eigenvalue weighted by Crippen LogP contribution is 2.32. The lowest BCUT2D eigenvalue weighted by Gasteiger charge is -2.40. The van der Waals surface area contributed by atoms with E-state index in [0.29, 0.717) is 12.1 Å². The molecule has 1 atom stereocenters. The molecule has 0 unspecified atom stereocenters. The fourth-order valence-electron chi connectivity index (χ4n) is 3.87. The van der Waals surface area contributed by atoms with Gasteiger partial charge >= 0.3 is 0 Å². The van der Waals surface area contributed by atoms with Crippen LogP contribution >= 0.6 is 0 Å². The zero-order valence-corrected chi connectivity index (χ0v) is 14.9. The summed E-state index contributed by atoms with van der Waals surface area (Å²) in [6.45, 7) is 7.54. The number of likely N-dealkylation sites (N-methyl/N-ethyl adjacent to an activating group) is 1. The summed E-state index contributed by atoms with van der Waals surface area (Å²) in [7, 11) is 2.15. The van der Waals surface area contributed by atoms with Gasteiger partial charge in [-0.1, -0.05) is 0 Å². The molecule has 3 aromatic rings. The Hall–Kier alpha value is -2.41. The number of aryl methyl sites for hydroxylation is 1. The number of aromatic nitrogens is 5. The van der Waals surface area contributed by atoms with Gasteiger partial charge in [-0.3, -0.25) is 4.40 Å². The number of anilines is 1. The molecule has 2 fully saturated rings. The van der Waals surface area contributed by atoms with E-state index in [1.807, 2.05) is 18.7 Å². The Morgan fingerprint density at radius 1 is 1.20 bits per heavy atom. The van der Waals surface area contributed by atoms with E-state index in [9.17, 15) is 0 Å². The van der Waals surface area contributed by atoms with Gasteiger partial charge in [-0.25, -0.2) is 15.0 Å². The van der Waals surface area contributed by atoms with Crippen LogP contribution in [0.5, 0.6) is 0 Å². The molecule has 0 bridgehead atoms. The topological polar surface area (TPSA) is 54.5 Å². The van der Waals surface area contributed by atoms with Crippen LogP contribution in [0.25, 0.3) is 17.0 Å². The van der Waals surface area contributed by atoms with Crippen molar-refractivity contribution in [2.75, 3.05) is 31.6 Å². The van der Waals surface area contributed by atoms with Crippen molar-refractivity contribution in [3.05, 3.63) is 30.6 Å². The minimum Gasteiger partial charge on any atom is -0.351 e. The Morgan fingerprint density at radius 3 is 2.72 bits per heavy atom. The van der Waals surface area contributed by atoms with Crippen LogP contribution in [0, 0.1) is 6.92 Å². The Labute approximate surface area is 146 Å². The third kappa shape index (κ3) is 2.18. The molecule has 2 saturated heterocycles. The summed E-state index contributed by atoms with van der Waals surface area (Å²) in [5, 5.41) is 0. The molecule has 7 nitrogen and oxygen atoms in total. The molecule has 130 valence electrons. The normalized spacial score (nSPS) is 21.6. The van der Waals surface area contributed by atoms with Gasteiger partial charge in [-0.2, -0.15) is 0 Å². The van der Waals surface area contributed by atoms with E-state index in [1.54, 1.807) is 0 Å². The Bertz CT molecular complexity index is 934. The number of hydrogen-bond donors (Lipinski definition) is 0. The highest BCUT2D eigenvalue weighted by molar-refractivity contribution is 5.72. The van der Waals surface area contributed by atoms with E-state index in [-0.39, 0.29) is 0 Å². The van der Waals surface area contributed by atoms with Crippen LogP contribution in [-0.4, -0.2) is 61.5 Å². The highest BCUT2D eigenvalue weighted by atomic mass is 15.3. The number of nitrogens with zero attached hydrogens (tertiary/aromatic N) is 7. The van der Waals surface area contributed by atoms with Crippen molar-refractivity contribution in [3.63, 3.8) is 0 Å². The number of likely N-dealkylation sites (tertiary alicyclic amines) is 1. The molecule has 0 aliphatic carbocycles. The molecule has 25 heavy (non-hydrogen) atoms. The van der Waals surface area contributed by atoms with Gasteiger partial charge in [0.2, 0.25) is 0 Å². The molecule has 3 aromatic heterocycles. The first-order chi connectivity index (χ1) is 12.1. The molecule has 5 heterocycles. The zero-order valence-electron chi connectivity index (χ0n) is 14.9. The van der Waals surface area contributed by atoms with Crippen molar-refractivity contribution < 1.29 is 0 Å². The molecule has 0 saturated carbocycles. The first-order valence-corrected chi connectivity index (χ1v) is 8.94. The second-order valence-corrected chi connectivity index (χ2v) is 7.40. The van der Waals surface area contributed by atoms with Crippen molar-refractivity contribution in [1.29, 1.82) is 0 Å². The average molecular weight is 337 g/mol. The van der Waals surface area contributed by atoms with Crippen molar-refractivity contribution >= 4 is 11.5 Å². The fraction of sp³-hybridized carbons (Fsp3) is 0.500. The third-order valence-electron chi connectivity index (χ3n) is 5.67. The lowest BCUT2D eigenvalue weighted by atomic mass is 10.1. The molecular weight excluding hydrogens is 314 g/mol. The predicted octanol–water partition coefficient (Wildman–Crippen LogP) is 1.99. The van der Waals surface area contributed by atoms with Gasteiger partial charge in [-0.15, -0.1) is 0 Å². The summed E-state index contributed by atoms with van der Waals surface area (Å²) in [5.74, 6) is 0.974.